The first-order valence-electron chi connectivity index (χ1n) is 8.17. The van der Waals surface area contributed by atoms with Gasteiger partial charge in [-0.3, -0.25) is 0 Å². The summed E-state index contributed by atoms with van der Waals surface area (Å²) >= 11 is 1.90. The highest BCUT2D eigenvalue weighted by atomic mass is 32.1. The summed E-state index contributed by atoms with van der Waals surface area (Å²) in [7, 11) is 3.85. The minimum Gasteiger partial charge on any atom is -0.383 e. The van der Waals surface area contributed by atoms with Gasteiger partial charge in [-0.25, -0.2) is 4.98 Å². The van der Waals surface area contributed by atoms with E-state index in [4.69, 9.17) is 9.72 Å². The van der Waals surface area contributed by atoms with Crippen LogP contribution in [0.5, 0.6) is 0 Å². The molecule has 2 atom stereocenters. The Bertz CT molecular complexity index is 472. The molecule has 2 unspecified atom stereocenters. The SMILES string of the molecule is CNC1CCCc2nc(N(CCOC)C(C)C3CC3)sc21. The van der Waals surface area contributed by atoms with Crippen molar-refractivity contribution in [2.75, 3.05) is 32.2 Å². The van der Waals surface area contributed by atoms with E-state index < -0.39 is 0 Å². The Morgan fingerprint density at radius 2 is 2.24 bits per heavy atom. The van der Waals surface area contributed by atoms with Crippen molar-refractivity contribution in [3.63, 3.8) is 0 Å². The lowest BCUT2D eigenvalue weighted by Gasteiger charge is -2.28. The lowest BCUT2D eigenvalue weighted by molar-refractivity contribution is 0.202. The number of hydrogen-bond acceptors (Lipinski definition) is 5. The molecular weight excluding hydrogens is 282 g/mol. The van der Waals surface area contributed by atoms with E-state index >= 15 is 0 Å². The lowest BCUT2D eigenvalue weighted by Crippen LogP contribution is -2.37. The number of aryl methyl sites for hydroxylation is 1. The second kappa shape index (κ2) is 6.63. The fourth-order valence-corrected chi connectivity index (χ4v) is 4.67. The highest BCUT2D eigenvalue weighted by molar-refractivity contribution is 7.15. The Kier molecular flexibility index (Phi) is 4.82. The van der Waals surface area contributed by atoms with Gasteiger partial charge < -0.3 is 15.0 Å². The quantitative estimate of drug-likeness (QED) is 0.840. The summed E-state index contributed by atoms with van der Waals surface area (Å²) < 4.78 is 5.31. The minimum atomic E-state index is 0.500. The van der Waals surface area contributed by atoms with Gasteiger partial charge >= 0.3 is 0 Å². The van der Waals surface area contributed by atoms with E-state index in [1.165, 1.54) is 41.4 Å². The Balaban J connectivity index is 1.83. The fraction of sp³-hybridized carbons (Fsp3) is 0.812. The van der Waals surface area contributed by atoms with Crippen LogP contribution in [0.1, 0.15) is 49.2 Å². The summed E-state index contributed by atoms with van der Waals surface area (Å²) in [5.74, 6) is 0.850. The van der Waals surface area contributed by atoms with Crippen LogP contribution in [0.3, 0.4) is 0 Å². The molecule has 0 aliphatic heterocycles. The predicted molar refractivity (Wildman–Crippen MR) is 88.3 cm³/mol. The number of methoxy groups -OCH3 is 1. The summed E-state index contributed by atoms with van der Waals surface area (Å²) in [5, 5.41) is 4.65. The highest BCUT2D eigenvalue weighted by Gasteiger charge is 2.34. The van der Waals surface area contributed by atoms with Crippen LogP contribution < -0.4 is 10.2 Å². The number of nitrogens with one attached hydrogen (secondary N) is 1. The number of fused-ring (bicyclic) bond motifs is 1. The maximum absolute atomic E-state index is 5.31. The zero-order valence-corrected chi connectivity index (χ0v) is 14.2. The number of hydrogen-bond donors (Lipinski definition) is 1. The zero-order valence-electron chi connectivity index (χ0n) is 13.4. The largest absolute Gasteiger partial charge is 0.383 e. The average Bonchev–Trinajstić information content (AvgIpc) is 3.26. The molecule has 1 fully saturated rings. The first-order valence-corrected chi connectivity index (χ1v) is 8.98. The summed E-state index contributed by atoms with van der Waals surface area (Å²) in [6.07, 6.45) is 6.36. The van der Waals surface area contributed by atoms with Gasteiger partial charge in [-0.15, -0.1) is 0 Å². The van der Waals surface area contributed by atoms with Crippen LogP contribution in [-0.2, 0) is 11.2 Å². The van der Waals surface area contributed by atoms with Crippen LogP contribution >= 0.6 is 11.3 Å². The van der Waals surface area contributed by atoms with Crippen LogP contribution in [0, 0.1) is 5.92 Å². The third-order valence-corrected chi connectivity index (χ3v) is 6.11. The molecule has 1 heterocycles. The van der Waals surface area contributed by atoms with Crippen molar-refractivity contribution >= 4 is 16.5 Å². The molecule has 1 saturated carbocycles. The monoisotopic (exact) mass is 309 g/mol. The van der Waals surface area contributed by atoms with Crippen molar-refractivity contribution in [1.29, 1.82) is 0 Å². The maximum Gasteiger partial charge on any atom is 0.186 e. The van der Waals surface area contributed by atoms with Gasteiger partial charge in [0.05, 0.1) is 12.3 Å². The van der Waals surface area contributed by atoms with E-state index in [2.05, 4.69) is 24.2 Å². The summed E-state index contributed by atoms with van der Waals surface area (Å²) in [6.45, 7) is 4.07. The van der Waals surface area contributed by atoms with Gasteiger partial charge in [0.25, 0.3) is 0 Å². The van der Waals surface area contributed by atoms with Crippen molar-refractivity contribution < 1.29 is 4.74 Å². The molecule has 0 spiro atoms. The Morgan fingerprint density at radius 3 is 2.90 bits per heavy atom. The smallest absolute Gasteiger partial charge is 0.186 e. The van der Waals surface area contributed by atoms with Gasteiger partial charge in [0.15, 0.2) is 5.13 Å². The van der Waals surface area contributed by atoms with Crippen molar-refractivity contribution in [3.05, 3.63) is 10.6 Å². The normalized spacial score (nSPS) is 22.9. The van der Waals surface area contributed by atoms with E-state index in [1.54, 1.807) is 7.11 Å². The second-order valence-electron chi connectivity index (χ2n) is 6.31. The molecule has 118 valence electrons. The third-order valence-electron chi connectivity index (χ3n) is 4.87. The van der Waals surface area contributed by atoms with Crippen molar-refractivity contribution in [3.8, 4) is 0 Å². The minimum absolute atomic E-state index is 0.500. The molecule has 1 aromatic heterocycles. The first kappa shape index (κ1) is 15.3. The standard InChI is InChI=1S/C16H27N3OS/c1-11(12-7-8-12)19(9-10-20-3)16-18-14-6-4-5-13(17-2)15(14)21-16/h11-13,17H,4-10H2,1-3H3. The van der Waals surface area contributed by atoms with E-state index in [1.807, 2.05) is 11.3 Å². The van der Waals surface area contributed by atoms with E-state index in [0.29, 0.717) is 12.1 Å². The van der Waals surface area contributed by atoms with Crippen LogP contribution in [0.4, 0.5) is 5.13 Å². The van der Waals surface area contributed by atoms with Crippen LogP contribution in [0.25, 0.3) is 0 Å². The van der Waals surface area contributed by atoms with Gasteiger partial charge in [0, 0.05) is 30.6 Å². The molecule has 4 nitrogen and oxygen atoms in total. The van der Waals surface area contributed by atoms with Crippen LogP contribution in [0.2, 0.25) is 0 Å². The third kappa shape index (κ3) is 3.25. The molecule has 1 N–H and O–H groups in total. The molecule has 3 rings (SSSR count). The number of aromatic nitrogens is 1. The molecular formula is C16H27N3OS. The molecule has 0 amide bonds. The van der Waals surface area contributed by atoms with Gasteiger partial charge in [0.1, 0.15) is 0 Å². The number of thiazole rings is 1. The molecule has 0 radical (unpaired) electrons. The summed E-state index contributed by atoms with van der Waals surface area (Å²) in [5.41, 5.74) is 1.33. The second-order valence-corrected chi connectivity index (χ2v) is 7.31. The first-order chi connectivity index (χ1) is 10.2. The average molecular weight is 309 g/mol. The number of anilines is 1. The zero-order chi connectivity index (χ0) is 14.8. The molecule has 1 aromatic rings. The topological polar surface area (TPSA) is 37.4 Å². The van der Waals surface area contributed by atoms with Crippen LogP contribution in [0.15, 0.2) is 0 Å². The lowest BCUT2D eigenvalue weighted by atomic mass is 9.98. The van der Waals surface area contributed by atoms with Gasteiger partial charge in [-0.2, -0.15) is 0 Å². The molecule has 2 aliphatic rings. The summed E-state index contributed by atoms with van der Waals surface area (Å²) in [4.78, 5) is 8.93. The fourth-order valence-electron chi connectivity index (χ4n) is 3.30. The number of ether oxygens (including phenoxy) is 1. The molecule has 5 heteroatoms. The number of nitrogens with zero attached hydrogens (tertiary/aromatic N) is 2. The van der Waals surface area contributed by atoms with E-state index in [9.17, 15) is 0 Å². The molecule has 0 saturated heterocycles. The Morgan fingerprint density at radius 1 is 1.43 bits per heavy atom. The van der Waals surface area contributed by atoms with Crippen molar-refractivity contribution in [2.45, 2.75) is 51.1 Å². The van der Waals surface area contributed by atoms with Gasteiger partial charge in [-0.1, -0.05) is 11.3 Å². The molecule has 0 aromatic carbocycles. The predicted octanol–water partition coefficient (Wildman–Crippen LogP) is 2.99. The summed E-state index contributed by atoms with van der Waals surface area (Å²) in [6, 6.07) is 1.08. The highest BCUT2D eigenvalue weighted by Crippen LogP contribution is 2.41. The van der Waals surface area contributed by atoms with E-state index in [0.717, 1.165) is 25.5 Å². The Labute approximate surface area is 131 Å². The molecule has 2 aliphatic carbocycles. The van der Waals surface area contributed by atoms with E-state index in [-0.39, 0.29) is 0 Å². The van der Waals surface area contributed by atoms with Crippen LogP contribution in [-0.4, -0.2) is 38.3 Å². The molecule has 0 bridgehead atoms. The van der Waals surface area contributed by atoms with Crippen molar-refractivity contribution in [2.24, 2.45) is 5.92 Å². The molecule has 21 heavy (non-hydrogen) atoms. The number of rotatable bonds is 7. The maximum atomic E-state index is 5.31. The van der Waals surface area contributed by atoms with Crippen molar-refractivity contribution in [1.82, 2.24) is 10.3 Å². The van der Waals surface area contributed by atoms with Gasteiger partial charge in [-0.05, 0) is 52.0 Å². The Hall–Kier alpha value is -0.650. The van der Waals surface area contributed by atoms with Gasteiger partial charge in [0.2, 0.25) is 0 Å².